The molecule has 68 heavy (non-hydrogen) atoms. The second-order valence-electron chi connectivity index (χ2n) is 18.4. The highest BCUT2D eigenvalue weighted by atomic mass is 127. The van der Waals surface area contributed by atoms with Crippen LogP contribution in [0.5, 0.6) is 0 Å². The number of hydroxylamine groups is 1. The highest BCUT2D eigenvalue weighted by Crippen LogP contribution is 2.31. The molecule has 3 aromatic carbocycles. The standard InChI is InChI=1S/C50H65F3IN7O6S/c1-31(33-16-18-34(19-17-33)45-32(2)56-30-68-45)57-48(65)41-28-36(62)29-61(41)49(66)46(50(3,4)5)59-42(63)15-12-10-8-6-7-9-11-13-24-55-25-14-26-67-60-47(64)37-21-22-38(51)43(53)44(37)58-40-23-20-35(54)27-39(40)52/h16-23,27,30-31,36,41,46,55,58,62H,6-15,24-26,28-29H2,1-5H3,(H,57,65)(H,59,63)(H,60,64)/t31-,36-,41+,46+/m0/s1. The molecule has 0 radical (unpaired) electrons. The van der Waals surface area contributed by atoms with E-state index >= 15 is 0 Å². The number of unbranched alkanes of at least 4 members (excludes halogenated alkanes) is 7. The van der Waals surface area contributed by atoms with Crippen molar-refractivity contribution < 1.29 is 42.3 Å². The van der Waals surface area contributed by atoms with E-state index < -0.39 is 52.6 Å². The number of nitrogens with one attached hydrogen (secondary N) is 5. The molecule has 13 nitrogen and oxygen atoms in total. The van der Waals surface area contributed by atoms with E-state index in [9.17, 15) is 37.5 Å². The van der Waals surface area contributed by atoms with E-state index in [0.29, 0.717) is 23.0 Å². The lowest BCUT2D eigenvalue weighted by Crippen LogP contribution is -2.57. The van der Waals surface area contributed by atoms with E-state index in [-0.39, 0.29) is 61.0 Å². The third-order valence-electron chi connectivity index (χ3n) is 11.9. The van der Waals surface area contributed by atoms with Gasteiger partial charge >= 0.3 is 0 Å². The molecule has 0 saturated carbocycles. The van der Waals surface area contributed by atoms with Gasteiger partial charge in [0, 0.05) is 23.0 Å². The van der Waals surface area contributed by atoms with E-state index in [1.165, 1.54) is 17.0 Å². The van der Waals surface area contributed by atoms with Crippen LogP contribution in [-0.4, -0.2) is 83.0 Å². The third-order valence-corrected chi connectivity index (χ3v) is 13.5. The molecule has 4 aromatic rings. The first kappa shape index (κ1) is 54.3. The number of nitrogens with zero attached hydrogens (tertiary/aromatic N) is 2. The highest BCUT2D eigenvalue weighted by molar-refractivity contribution is 14.1. The van der Waals surface area contributed by atoms with Gasteiger partial charge < -0.3 is 31.3 Å². The number of carbonyl (C=O) groups excluding carboxylic acids is 4. The Kier molecular flexibility index (Phi) is 21.1. The van der Waals surface area contributed by atoms with Gasteiger partial charge in [-0.3, -0.25) is 24.0 Å². The van der Waals surface area contributed by atoms with Crippen LogP contribution in [0.4, 0.5) is 24.5 Å². The SMILES string of the molecule is Cc1ncsc1-c1ccc([C@H](C)NC(=O)[C@H]2C[C@H](O)CN2C(=O)[C@@H](NC(=O)CCCCCCCCCCNCCCONC(=O)c2ccc(F)c(F)c2Nc2ccc(I)cc2F)C(C)(C)C)cc1. The molecule has 4 amide bonds. The number of likely N-dealkylation sites (tertiary alicyclic amines) is 1. The molecule has 370 valence electrons. The Hall–Kier alpha value is -4.63. The predicted octanol–water partition coefficient (Wildman–Crippen LogP) is 9.41. The number of β-amino-alcohol motifs (C(OH)–C–C–N with tert-alkyl or cyclic N) is 1. The fourth-order valence-corrected chi connectivity index (χ4v) is 9.26. The Bertz CT molecular complexity index is 2310. The van der Waals surface area contributed by atoms with E-state index in [1.54, 1.807) is 17.4 Å². The molecule has 0 unspecified atom stereocenters. The molecule has 1 aliphatic rings. The number of anilines is 2. The molecule has 1 fully saturated rings. The number of hydrogen-bond donors (Lipinski definition) is 6. The zero-order valence-electron chi connectivity index (χ0n) is 39.5. The smallest absolute Gasteiger partial charge is 0.277 e. The Morgan fingerprint density at radius 3 is 2.24 bits per heavy atom. The number of aryl methyl sites for hydroxylation is 1. The highest BCUT2D eigenvalue weighted by Gasteiger charge is 2.44. The van der Waals surface area contributed by atoms with Crippen LogP contribution in [0.1, 0.15) is 126 Å². The summed E-state index contributed by atoms with van der Waals surface area (Å²) in [6.45, 7) is 11.2. The van der Waals surface area contributed by atoms with Crippen molar-refractivity contribution in [3.05, 3.63) is 98.0 Å². The summed E-state index contributed by atoms with van der Waals surface area (Å²) in [5, 5.41) is 22.4. The molecule has 1 aliphatic heterocycles. The molecule has 4 atom stereocenters. The van der Waals surface area contributed by atoms with Crippen molar-refractivity contribution in [2.75, 3.05) is 31.6 Å². The minimum absolute atomic E-state index is 0.0141. The van der Waals surface area contributed by atoms with Gasteiger partial charge in [-0.05, 0) is 116 Å². The lowest BCUT2D eigenvalue weighted by molar-refractivity contribution is -0.144. The molecular weight excluding hydrogens is 1010 g/mol. The van der Waals surface area contributed by atoms with Crippen molar-refractivity contribution in [3.63, 3.8) is 0 Å². The summed E-state index contributed by atoms with van der Waals surface area (Å²) in [6.07, 6.45) is 8.04. The monoisotopic (exact) mass is 1080 g/mol. The van der Waals surface area contributed by atoms with Gasteiger partial charge in [0.2, 0.25) is 17.7 Å². The van der Waals surface area contributed by atoms with E-state index in [4.69, 9.17) is 4.84 Å². The first-order valence-electron chi connectivity index (χ1n) is 23.4. The van der Waals surface area contributed by atoms with E-state index in [2.05, 4.69) is 31.7 Å². The van der Waals surface area contributed by atoms with Crippen LogP contribution in [0, 0.1) is 33.4 Å². The number of thiazole rings is 1. The summed E-state index contributed by atoms with van der Waals surface area (Å²) in [7, 11) is 0. The summed E-state index contributed by atoms with van der Waals surface area (Å²) >= 11 is 3.50. The number of hydrogen-bond acceptors (Lipinski definition) is 10. The second-order valence-corrected chi connectivity index (χ2v) is 20.5. The van der Waals surface area contributed by atoms with Crippen molar-refractivity contribution in [2.24, 2.45) is 5.41 Å². The Morgan fingerprint density at radius 2 is 1.57 bits per heavy atom. The first-order valence-corrected chi connectivity index (χ1v) is 25.3. The first-order chi connectivity index (χ1) is 32.4. The van der Waals surface area contributed by atoms with Crippen LogP contribution in [-0.2, 0) is 19.2 Å². The number of aliphatic hydroxyl groups excluding tert-OH is 1. The van der Waals surface area contributed by atoms with Gasteiger partial charge in [0.05, 0.1) is 51.8 Å². The van der Waals surface area contributed by atoms with Gasteiger partial charge in [-0.25, -0.2) is 23.6 Å². The maximum Gasteiger partial charge on any atom is 0.277 e. The molecule has 1 aromatic heterocycles. The van der Waals surface area contributed by atoms with Gasteiger partial charge in [0.15, 0.2) is 11.6 Å². The van der Waals surface area contributed by atoms with E-state index in [1.807, 2.05) is 87.0 Å². The number of halogens is 4. The van der Waals surface area contributed by atoms with Crippen LogP contribution in [0.25, 0.3) is 10.4 Å². The van der Waals surface area contributed by atoms with Crippen molar-refractivity contribution >= 4 is 68.9 Å². The quantitative estimate of drug-likeness (QED) is 0.0215. The summed E-state index contributed by atoms with van der Waals surface area (Å²) < 4.78 is 43.7. The topological polar surface area (TPSA) is 174 Å². The summed E-state index contributed by atoms with van der Waals surface area (Å²) in [5.74, 6) is -4.93. The largest absolute Gasteiger partial charge is 0.391 e. The lowest BCUT2D eigenvalue weighted by atomic mass is 9.85. The minimum atomic E-state index is -1.31. The molecule has 2 heterocycles. The van der Waals surface area contributed by atoms with Gasteiger partial charge in [-0.2, -0.15) is 0 Å². The predicted molar refractivity (Wildman–Crippen MR) is 268 cm³/mol. The van der Waals surface area contributed by atoms with Gasteiger partial charge in [-0.15, -0.1) is 11.3 Å². The summed E-state index contributed by atoms with van der Waals surface area (Å²) in [5.41, 5.74) is 5.50. The van der Waals surface area contributed by atoms with Crippen LogP contribution >= 0.6 is 33.9 Å². The van der Waals surface area contributed by atoms with Crippen LogP contribution in [0.3, 0.4) is 0 Å². The normalized spacial score (nSPS) is 15.8. The number of aromatic nitrogens is 1. The average molecular weight is 1080 g/mol. The van der Waals surface area contributed by atoms with Crippen molar-refractivity contribution in [1.29, 1.82) is 0 Å². The summed E-state index contributed by atoms with van der Waals surface area (Å²) in [4.78, 5) is 65.7. The van der Waals surface area contributed by atoms with Crippen molar-refractivity contribution in [3.8, 4) is 10.4 Å². The maximum absolute atomic E-state index is 14.7. The molecular formula is C50H65F3IN7O6S. The Morgan fingerprint density at radius 1 is 0.897 bits per heavy atom. The number of amides is 4. The van der Waals surface area contributed by atoms with Gasteiger partial charge in [-0.1, -0.05) is 83.6 Å². The number of aliphatic hydroxyl groups is 1. The van der Waals surface area contributed by atoms with Crippen LogP contribution < -0.4 is 26.7 Å². The number of rotatable bonds is 25. The molecule has 0 bridgehead atoms. The zero-order valence-corrected chi connectivity index (χ0v) is 42.5. The molecule has 1 saturated heterocycles. The maximum atomic E-state index is 14.7. The van der Waals surface area contributed by atoms with E-state index in [0.717, 1.165) is 85.3 Å². The lowest BCUT2D eigenvalue weighted by Gasteiger charge is -2.35. The molecule has 0 aliphatic carbocycles. The van der Waals surface area contributed by atoms with Gasteiger partial charge in [0.25, 0.3) is 5.91 Å². The third kappa shape index (κ3) is 16.0. The zero-order chi connectivity index (χ0) is 49.4. The second kappa shape index (κ2) is 26.4. The fourth-order valence-electron chi connectivity index (χ4n) is 8.00. The Labute approximate surface area is 415 Å². The molecule has 0 spiro atoms. The molecule has 6 N–H and O–H groups in total. The summed E-state index contributed by atoms with van der Waals surface area (Å²) in [6, 6.07) is 12.0. The van der Waals surface area contributed by atoms with Gasteiger partial charge in [0.1, 0.15) is 17.9 Å². The Balaban J connectivity index is 0.911. The minimum Gasteiger partial charge on any atom is -0.391 e. The van der Waals surface area contributed by atoms with Crippen molar-refractivity contribution in [2.45, 2.75) is 129 Å². The fraction of sp³-hybridized carbons (Fsp3) is 0.500. The average Bonchev–Trinajstić information content (AvgIpc) is 3.92. The number of benzene rings is 3. The molecule has 5 rings (SSSR count). The van der Waals surface area contributed by atoms with Crippen LogP contribution in [0.15, 0.2) is 60.1 Å². The van der Waals surface area contributed by atoms with Crippen molar-refractivity contribution in [1.82, 2.24) is 31.3 Å². The number of carbonyl (C=O) groups is 4. The molecule has 18 heteroatoms. The van der Waals surface area contributed by atoms with Crippen LogP contribution in [0.2, 0.25) is 0 Å².